The van der Waals surface area contributed by atoms with Crippen LogP contribution in [0.5, 0.6) is 0 Å². The molecule has 2 heterocycles. The maximum atomic E-state index is 13.3. The van der Waals surface area contributed by atoms with Crippen LogP contribution in [0.3, 0.4) is 0 Å². The summed E-state index contributed by atoms with van der Waals surface area (Å²) in [5, 5.41) is 2.48. The van der Waals surface area contributed by atoms with Gasteiger partial charge in [-0.1, -0.05) is 60.7 Å². The van der Waals surface area contributed by atoms with Crippen molar-refractivity contribution < 1.29 is 25.9 Å². The van der Waals surface area contributed by atoms with Crippen molar-refractivity contribution in [2.75, 3.05) is 0 Å². The second-order valence-corrected chi connectivity index (χ2v) is 7.13. The molecular weight excluding hydrogens is 427 g/mol. The molecule has 4 heteroatoms. The van der Waals surface area contributed by atoms with Gasteiger partial charge in [0.25, 0.3) is 0 Å². The Morgan fingerprint density at radius 1 is 0.690 bits per heavy atom. The van der Waals surface area contributed by atoms with E-state index < -0.39 is 0 Å². The molecule has 0 bridgehead atoms. The molecule has 0 aliphatic heterocycles. The normalized spacial score (nSPS) is 10.9. The second kappa shape index (κ2) is 8.18. The lowest BCUT2D eigenvalue weighted by atomic mass is 10.2. The number of pyridine rings is 1. The summed E-state index contributed by atoms with van der Waals surface area (Å²) in [6.45, 7) is 1.54. The van der Waals surface area contributed by atoms with E-state index in [9.17, 15) is 4.39 Å². The lowest BCUT2D eigenvalue weighted by molar-refractivity contribution is -0.687. The Morgan fingerprint density at radius 3 is 2.17 bits per heavy atom. The lowest BCUT2D eigenvalue weighted by Gasteiger charge is -2.07. The number of rotatable bonds is 4. The monoisotopic (exact) mass is 446 g/mol. The molecule has 0 aliphatic carbocycles. The molecule has 5 rings (SSSR count). The van der Waals surface area contributed by atoms with Gasteiger partial charge in [0, 0.05) is 34.5 Å². The molecular formula is C25H20BrFN2. The molecule has 2 nitrogen and oxygen atoms in total. The fraction of sp³-hybridized carbons (Fsp3) is 0.0800. The minimum Gasteiger partial charge on any atom is -1.00 e. The molecule has 144 valence electrons. The van der Waals surface area contributed by atoms with Crippen LogP contribution in [-0.4, -0.2) is 4.57 Å². The van der Waals surface area contributed by atoms with Crippen LogP contribution in [0.25, 0.3) is 21.8 Å². The summed E-state index contributed by atoms with van der Waals surface area (Å²) in [6, 6.07) is 27.9. The van der Waals surface area contributed by atoms with Crippen molar-refractivity contribution in [3.63, 3.8) is 0 Å². The smallest absolute Gasteiger partial charge is 0.193 e. The van der Waals surface area contributed by atoms with Crippen molar-refractivity contribution in [1.29, 1.82) is 0 Å². The van der Waals surface area contributed by atoms with Crippen LogP contribution >= 0.6 is 0 Å². The van der Waals surface area contributed by atoms with Gasteiger partial charge in [-0.05, 0) is 23.8 Å². The third-order valence-corrected chi connectivity index (χ3v) is 5.23. The molecule has 0 spiro atoms. The largest absolute Gasteiger partial charge is 1.00 e. The Kier molecular flexibility index (Phi) is 5.45. The zero-order valence-corrected chi connectivity index (χ0v) is 17.4. The standard InChI is InChI=1S/C25H20FN2.BrH/c26-21-12-10-20(11-13-21)17-28-24-9-5-4-8-22(24)23-14-15-27(18-25(23)28)16-19-6-2-1-3-7-19;/h1-15,18H,16-17H2;1H/q+1;/p-1. The predicted molar refractivity (Wildman–Crippen MR) is 111 cm³/mol. The van der Waals surface area contributed by atoms with Gasteiger partial charge >= 0.3 is 0 Å². The highest BCUT2D eigenvalue weighted by atomic mass is 79.9. The van der Waals surface area contributed by atoms with E-state index in [2.05, 4.69) is 76.1 Å². The summed E-state index contributed by atoms with van der Waals surface area (Å²) in [5.74, 6) is -0.202. The van der Waals surface area contributed by atoms with Crippen molar-refractivity contribution >= 4 is 21.8 Å². The zero-order chi connectivity index (χ0) is 18.9. The molecule has 0 amide bonds. The van der Waals surface area contributed by atoms with Crippen LogP contribution < -0.4 is 21.5 Å². The number of fused-ring (bicyclic) bond motifs is 3. The fourth-order valence-electron chi connectivity index (χ4n) is 3.87. The minimum atomic E-state index is -0.202. The van der Waals surface area contributed by atoms with E-state index >= 15 is 0 Å². The molecule has 0 aliphatic rings. The first kappa shape index (κ1) is 19.3. The summed E-state index contributed by atoms with van der Waals surface area (Å²) in [6.07, 6.45) is 4.36. The van der Waals surface area contributed by atoms with Gasteiger partial charge in [0.15, 0.2) is 18.9 Å². The van der Waals surface area contributed by atoms with Gasteiger partial charge in [-0.2, -0.15) is 4.57 Å². The van der Waals surface area contributed by atoms with Crippen molar-refractivity contribution in [2.45, 2.75) is 13.1 Å². The van der Waals surface area contributed by atoms with Gasteiger partial charge < -0.3 is 21.5 Å². The number of hydrogen-bond acceptors (Lipinski definition) is 0. The fourth-order valence-corrected chi connectivity index (χ4v) is 3.87. The number of benzene rings is 3. The van der Waals surface area contributed by atoms with Crippen LogP contribution in [0.4, 0.5) is 4.39 Å². The SMILES string of the molecule is Fc1ccc(Cn2c3ccccc3c3cc[n+](Cc4ccccc4)cc32)cc1.[Br-]. The van der Waals surface area contributed by atoms with Crippen LogP contribution in [0, 0.1) is 5.82 Å². The maximum absolute atomic E-state index is 13.3. The molecule has 0 radical (unpaired) electrons. The number of hydrogen-bond donors (Lipinski definition) is 0. The Balaban J connectivity index is 0.00000205. The molecule has 0 unspecified atom stereocenters. The molecule has 0 saturated heterocycles. The van der Waals surface area contributed by atoms with Gasteiger partial charge in [0.1, 0.15) is 11.3 Å². The Hall–Kier alpha value is -2.98. The van der Waals surface area contributed by atoms with E-state index in [1.165, 1.54) is 39.5 Å². The Morgan fingerprint density at radius 2 is 1.38 bits per heavy atom. The van der Waals surface area contributed by atoms with E-state index in [0.717, 1.165) is 12.1 Å². The summed E-state index contributed by atoms with van der Waals surface area (Å²) < 4.78 is 17.9. The van der Waals surface area contributed by atoms with Crippen molar-refractivity contribution in [2.24, 2.45) is 0 Å². The van der Waals surface area contributed by atoms with Gasteiger partial charge in [-0.3, -0.25) is 0 Å². The second-order valence-electron chi connectivity index (χ2n) is 7.13. The van der Waals surface area contributed by atoms with E-state index in [0.29, 0.717) is 6.54 Å². The van der Waals surface area contributed by atoms with Crippen LogP contribution in [0.1, 0.15) is 11.1 Å². The molecule has 2 aromatic heterocycles. The lowest BCUT2D eigenvalue weighted by Crippen LogP contribution is -3.00. The first-order valence-electron chi connectivity index (χ1n) is 9.46. The first-order chi connectivity index (χ1) is 13.8. The van der Waals surface area contributed by atoms with E-state index in [1.54, 1.807) is 0 Å². The summed E-state index contributed by atoms with van der Waals surface area (Å²) in [4.78, 5) is 0. The number of halogens is 2. The number of para-hydroxylation sites is 1. The Bertz CT molecular complexity index is 1260. The third kappa shape index (κ3) is 3.81. The first-order valence-corrected chi connectivity index (χ1v) is 9.46. The van der Waals surface area contributed by atoms with Crippen LogP contribution in [-0.2, 0) is 13.1 Å². The zero-order valence-electron chi connectivity index (χ0n) is 15.8. The average Bonchev–Trinajstić information content (AvgIpc) is 3.04. The molecule has 0 fully saturated rings. The van der Waals surface area contributed by atoms with Crippen LogP contribution in [0.15, 0.2) is 97.3 Å². The van der Waals surface area contributed by atoms with Gasteiger partial charge in [-0.15, -0.1) is 0 Å². The molecule has 29 heavy (non-hydrogen) atoms. The molecule has 0 N–H and O–H groups in total. The summed E-state index contributed by atoms with van der Waals surface area (Å²) in [5.41, 5.74) is 4.74. The Labute approximate surface area is 179 Å². The van der Waals surface area contributed by atoms with E-state index in [-0.39, 0.29) is 22.8 Å². The third-order valence-electron chi connectivity index (χ3n) is 5.23. The van der Waals surface area contributed by atoms with Crippen molar-refractivity contribution in [3.8, 4) is 0 Å². The number of nitrogens with zero attached hydrogens (tertiary/aromatic N) is 2. The van der Waals surface area contributed by atoms with E-state index in [1.807, 2.05) is 18.2 Å². The van der Waals surface area contributed by atoms with Gasteiger partial charge in [-0.25, -0.2) is 4.39 Å². The highest BCUT2D eigenvalue weighted by Crippen LogP contribution is 2.28. The summed E-state index contributed by atoms with van der Waals surface area (Å²) in [7, 11) is 0. The molecule has 0 atom stereocenters. The van der Waals surface area contributed by atoms with E-state index in [4.69, 9.17) is 0 Å². The summed E-state index contributed by atoms with van der Waals surface area (Å²) >= 11 is 0. The minimum absolute atomic E-state index is 0. The topological polar surface area (TPSA) is 8.81 Å². The highest BCUT2D eigenvalue weighted by Gasteiger charge is 2.15. The quantitative estimate of drug-likeness (QED) is 0.374. The maximum Gasteiger partial charge on any atom is 0.193 e. The van der Waals surface area contributed by atoms with Gasteiger partial charge in [0.05, 0.1) is 0 Å². The molecule has 0 saturated carbocycles. The molecule has 5 aromatic rings. The predicted octanol–water partition coefficient (Wildman–Crippen LogP) is 2.32. The average molecular weight is 447 g/mol. The van der Waals surface area contributed by atoms with Crippen molar-refractivity contribution in [3.05, 3.63) is 114 Å². The highest BCUT2D eigenvalue weighted by molar-refractivity contribution is 6.07. The van der Waals surface area contributed by atoms with Crippen molar-refractivity contribution in [1.82, 2.24) is 4.57 Å². The molecule has 3 aromatic carbocycles. The number of aromatic nitrogens is 2. The van der Waals surface area contributed by atoms with Crippen LogP contribution in [0.2, 0.25) is 0 Å². The van der Waals surface area contributed by atoms with Gasteiger partial charge in [0.2, 0.25) is 0 Å².